The third kappa shape index (κ3) is 6.44. The number of Topliss-reactive ketones (excluding diaryl/α,β-unsaturated/α-hetero) is 2. The van der Waals surface area contributed by atoms with Gasteiger partial charge in [-0.05, 0) is 83.4 Å². The lowest BCUT2D eigenvalue weighted by Crippen LogP contribution is -2.45. The Hall–Kier alpha value is -2.65. The molecule has 0 aromatic heterocycles. The zero-order valence-corrected chi connectivity index (χ0v) is 28.9. The van der Waals surface area contributed by atoms with Crippen LogP contribution in [0.1, 0.15) is 81.5 Å². The molecule has 0 fully saturated rings. The van der Waals surface area contributed by atoms with Crippen molar-refractivity contribution in [2.24, 2.45) is 10.8 Å². The van der Waals surface area contributed by atoms with Crippen LogP contribution in [0.2, 0.25) is 0 Å². The first kappa shape index (κ1) is 31.8. The number of hydrogen-bond donors (Lipinski definition) is 0. The second-order valence-corrected chi connectivity index (χ2v) is 15.2. The van der Waals surface area contributed by atoms with Crippen LogP contribution in [-0.4, -0.2) is 43.8 Å². The molecule has 0 spiro atoms. The number of ketones is 2. The summed E-state index contributed by atoms with van der Waals surface area (Å²) in [5, 5.41) is 0. The number of nitrogens with zero attached hydrogens (tertiary/aromatic N) is 1. The molecular formula is C36H44INO5. The van der Waals surface area contributed by atoms with Crippen LogP contribution in [-0.2, 0) is 20.9 Å². The van der Waals surface area contributed by atoms with Gasteiger partial charge in [-0.25, -0.2) is 0 Å². The Labute approximate surface area is 270 Å². The van der Waals surface area contributed by atoms with Gasteiger partial charge in [0.05, 0.1) is 17.3 Å². The van der Waals surface area contributed by atoms with Gasteiger partial charge >= 0.3 is 0 Å². The molecule has 1 heterocycles. The van der Waals surface area contributed by atoms with Crippen molar-refractivity contribution in [3.05, 3.63) is 78.7 Å². The van der Waals surface area contributed by atoms with Crippen LogP contribution in [0.5, 0.6) is 11.5 Å². The summed E-state index contributed by atoms with van der Waals surface area (Å²) in [5.41, 5.74) is 7.63. The molecule has 0 N–H and O–H groups in total. The van der Waals surface area contributed by atoms with Gasteiger partial charge in [0.2, 0.25) is 0 Å². The van der Waals surface area contributed by atoms with E-state index in [1.165, 1.54) is 11.1 Å². The first-order valence-corrected chi connectivity index (χ1v) is 16.2. The molecule has 6 nitrogen and oxygen atoms in total. The predicted molar refractivity (Wildman–Crippen MR) is 177 cm³/mol. The van der Waals surface area contributed by atoms with E-state index in [-0.39, 0.29) is 22.4 Å². The topological polar surface area (TPSA) is 65.1 Å². The lowest BCUT2D eigenvalue weighted by molar-refractivity contribution is -0.119. The molecule has 3 aliphatic rings. The first-order chi connectivity index (χ1) is 20.2. The van der Waals surface area contributed by atoms with Crippen LogP contribution in [0.25, 0.3) is 0 Å². The van der Waals surface area contributed by atoms with E-state index in [4.69, 9.17) is 14.2 Å². The minimum Gasteiger partial charge on any atom is -0.493 e. The Bertz CT molecular complexity index is 1460. The van der Waals surface area contributed by atoms with E-state index in [1.807, 2.05) is 6.07 Å². The molecule has 7 heteroatoms. The fraction of sp³-hybridized carbons (Fsp3) is 0.500. The number of carbonyl (C=O) groups is 2. The van der Waals surface area contributed by atoms with Crippen LogP contribution in [0.4, 0.5) is 0 Å². The molecule has 2 aromatic carbocycles. The summed E-state index contributed by atoms with van der Waals surface area (Å²) in [6.07, 6.45) is 2.44. The molecule has 0 amide bonds. The lowest BCUT2D eigenvalue weighted by Gasteiger charge is -2.49. The van der Waals surface area contributed by atoms with Crippen LogP contribution in [0.3, 0.4) is 0 Å². The normalized spacial score (nSPS) is 19.9. The summed E-state index contributed by atoms with van der Waals surface area (Å²) >= 11 is 2.29. The van der Waals surface area contributed by atoms with Crippen LogP contribution < -0.4 is 9.47 Å². The number of ether oxygens (including phenoxy) is 3. The molecule has 2 aromatic rings. The Kier molecular flexibility index (Phi) is 8.89. The highest BCUT2D eigenvalue weighted by atomic mass is 127. The summed E-state index contributed by atoms with van der Waals surface area (Å²) in [7, 11) is 3.34. The largest absolute Gasteiger partial charge is 0.493 e. The molecule has 43 heavy (non-hydrogen) atoms. The monoisotopic (exact) mass is 697 g/mol. The van der Waals surface area contributed by atoms with Crippen molar-refractivity contribution < 1.29 is 23.8 Å². The minimum absolute atomic E-state index is 0.118. The van der Waals surface area contributed by atoms with E-state index in [1.54, 1.807) is 14.2 Å². The highest BCUT2D eigenvalue weighted by molar-refractivity contribution is 14.1. The number of carbonyl (C=O) groups excluding carboxylic acids is 2. The molecule has 2 aliphatic carbocycles. The Morgan fingerprint density at radius 1 is 0.837 bits per heavy atom. The average Bonchev–Trinajstić information content (AvgIpc) is 2.88. The molecule has 0 unspecified atom stereocenters. The lowest BCUT2D eigenvalue weighted by atomic mass is 9.63. The van der Waals surface area contributed by atoms with Gasteiger partial charge in [-0.1, -0.05) is 57.0 Å². The molecular weight excluding hydrogens is 653 g/mol. The fourth-order valence-electron chi connectivity index (χ4n) is 7.19. The smallest absolute Gasteiger partial charge is 0.174 e. The van der Waals surface area contributed by atoms with Crippen LogP contribution in [0.15, 0.2) is 52.9 Å². The second-order valence-electron chi connectivity index (χ2n) is 14.0. The maximum atomic E-state index is 14.1. The number of benzene rings is 2. The van der Waals surface area contributed by atoms with Gasteiger partial charge in [0, 0.05) is 55.0 Å². The summed E-state index contributed by atoms with van der Waals surface area (Å²) in [6.45, 7) is 14.3. The quantitative estimate of drug-likeness (QED) is 0.262. The summed E-state index contributed by atoms with van der Waals surface area (Å²) in [4.78, 5) is 30.4. The molecule has 0 saturated carbocycles. The van der Waals surface area contributed by atoms with Crippen molar-refractivity contribution in [3.63, 3.8) is 0 Å². The van der Waals surface area contributed by atoms with E-state index in [2.05, 4.69) is 93.3 Å². The molecule has 0 saturated heterocycles. The summed E-state index contributed by atoms with van der Waals surface area (Å²) in [6, 6.07) is 10.5. The van der Waals surface area contributed by atoms with Crippen LogP contribution in [0, 0.1) is 28.2 Å². The Morgan fingerprint density at radius 2 is 1.40 bits per heavy atom. The highest BCUT2D eigenvalue weighted by Crippen LogP contribution is 2.55. The molecule has 5 rings (SSSR count). The molecule has 0 atom stereocenters. The number of halogens is 1. The zero-order valence-electron chi connectivity index (χ0n) is 26.8. The Morgan fingerprint density at radius 3 is 1.91 bits per heavy atom. The summed E-state index contributed by atoms with van der Waals surface area (Å²) in [5.74, 6) is 1.06. The number of methoxy groups -OCH3 is 2. The molecule has 1 aliphatic heterocycles. The van der Waals surface area contributed by atoms with Crippen molar-refractivity contribution in [1.29, 1.82) is 0 Å². The van der Waals surface area contributed by atoms with E-state index in [0.717, 1.165) is 50.1 Å². The molecule has 0 bridgehead atoms. The maximum Gasteiger partial charge on any atom is 0.174 e. The van der Waals surface area contributed by atoms with Crippen molar-refractivity contribution in [3.8, 4) is 11.5 Å². The highest BCUT2D eigenvalue weighted by Gasteiger charge is 2.49. The number of hydrogen-bond acceptors (Lipinski definition) is 6. The van der Waals surface area contributed by atoms with Crippen molar-refractivity contribution in [2.75, 3.05) is 27.4 Å². The van der Waals surface area contributed by atoms with Gasteiger partial charge in [0.15, 0.2) is 23.1 Å². The standard InChI is InChI=1S/C36H44INO5/c1-21-11-22(2)13-23(12-21)20-43-34-25(37)14-24(15-30(34)42-8)31-32-26(16-35(3,4)18-28(32)39)38(9-10-41-7)27-17-36(5,6)19-29(40)33(27)31/h11-15,31H,9-10,16-20H2,1-8H3. The van der Waals surface area contributed by atoms with E-state index >= 15 is 0 Å². The fourth-order valence-corrected chi connectivity index (χ4v) is 7.97. The first-order valence-electron chi connectivity index (χ1n) is 15.1. The molecule has 0 radical (unpaired) electrons. The van der Waals surface area contributed by atoms with Gasteiger partial charge in [0.1, 0.15) is 6.61 Å². The maximum absolute atomic E-state index is 14.1. The van der Waals surface area contributed by atoms with Gasteiger partial charge in [-0.2, -0.15) is 0 Å². The third-order valence-corrected chi connectivity index (χ3v) is 9.59. The average molecular weight is 698 g/mol. The van der Waals surface area contributed by atoms with Gasteiger partial charge in [-0.15, -0.1) is 0 Å². The second kappa shape index (κ2) is 12.0. The van der Waals surface area contributed by atoms with E-state index in [9.17, 15) is 9.59 Å². The van der Waals surface area contributed by atoms with Crippen LogP contribution >= 0.6 is 22.6 Å². The number of aryl methyl sites for hydroxylation is 2. The van der Waals surface area contributed by atoms with Crippen molar-refractivity contribution in [1.82, 2.24) is 4.90 Å². The van der Waals surface area contributed by atoms with Gasteiger partial charge in [0.25, 0.3) is 0 Å². The Balaban J connectivity index is 1.64. The third-order valence-electron chi connectivity index (χ3n) is 8.79. The molecule has 230 valence electrons. The van der Waals surface area contributed by atoms with E-state index in [0.29, 0.717) is 44.1 Å². The van der Waals surface area contributed by atoms with E-state index < -0.39 is 5.92 Å². The summed E-state index contributed by atoms with van der Waals surface area (Å²) < 4.78 is 18.7. The number of allylic oxidation sites excluding steroid dienone is 4. The van der Waals surface area contributed by atoms with Gasteiger partial charge in [-0.3, -0.25) is 9.59 Å². The SMILES string of the molecule is COCCN1C2=C(C(=O)CC(C)(C)C2)C(c2cc(I)c(OCc3cc(C)cc(C)c3)c(OC)c2)C2=C1CC(C)(C)CC2=O. The van der Waals surface area contributed by atoms with Crippen molar-refractivity contribution in [2.45, 2.75) is 79.8 Å². The van der Waals surface area contributed by atoms with Crippen molar-refractivity contribution >= 4 is 34.2 Å². The zero-order chi connectivity index (χ0) is 31.3. The van der Waals surface area contributed by atoms with Gasteiger partial charge < -0.3 is 19.1 Å². The predicted octanol–water partition coefficient (Wildman–Crippen LogP) is 7.83. The number of rotatable bonds is 8. The minimum atomic E-state index is -0.438.